The summed E-state index contributed by atoms with van der Waals surface area (Å²) in [7, 11) is -1.35. The molecule has 8 heteroatoms. The van der Waals surface area contributed by atoms with Gasteiger partial charge in [-0.1, -0.05) is 18.2 Å². The summed E-state index contributed by atoms with van der Waals surface area (Å²) in [6.07, 6.45) is 0.0219. The Labute approximate surface area is 158 Å². The molecule has 0 bridgehead atoms. The lowest BCUT2D eigenvalue weighted by atomic mass is 10.1. The number of carboxylic acid groups (broad SMARTS) is 1. The van der Waals surface area contributed by atoms with E-state index in [2.05, 4.69) is 5.32 Å². The molecule has 2 aromatic rings. The molecule has 142 valence electrons. The van der Waals surface area contributed by atoms with Gasteiger partial charge in [0.25, 0.3) is 5.91 Å². The first-order valence-electron chi connectivity index (χ1n) is 8.12. The maximum Gasteiger partial charge on any atom is 0.326 e. The Bertz CT molecular complexity index is 835. The summed E-state index contributed by atoms with van der Waals surface area (Å²) in [6.45, 7) is 1.26. The zero-order chi connectivity index (χ0) is 19.8. The van der Waals surface area contributed by atoms with E-state index in [4.69, 9.17) is 4.74 Å². The molecule has 0 saturated heterocycles. The van der Waals surface area contributed by atoms with Gasteiger partial charge < -0.3 is 15.2 Å². The fourth-order valence-corrected chi connectivity index (χ4v) is 3.40. The van der Waals surface area contributed by atoms with E-state index < -0.39 is 34.7 Å². The Hall–Kier alpha value is -3.00. The molecule has 0 heterocycles. The number of ether oxygens (including phenoxy) is 1. The number of hydrogen-bond acceptors (Lipinski definition) is 5. The summed E-state index contributed by atoms with van der Waals surface area (Å²) in [5, 5.41) is 11.7. The molecule has 7 nitrogen and oxygen atoms in total. The van der Waals surface area contributed by atoms with Gasteiger partial charge >= 0.3 is 11.9 Å². The molecule has 0 aliphatic heterocycles. The molecular formula is C19H19NO6S. The van der Waals surface area contributed by atoms with Crippen LogP contribution in [0.3, 0.4) is 0 Å². The molecule has 1 amide bonds. The minimum atomic E-state index is -1.35. The molecule has 0 unspecified atom stereocenters. The predicted octanol–water partition coefficient (Wildman–Crippen LogP) is 1.99. The number of rotatable bonds is 8. The van der Waals surface area contributed by atoms with Crippen LogP contribution in [0.5, 0.6) is 5.75 Å². The highest BCUT2D eigenvalue weighted by atomic mass is 32.2. The lowest BCUT2D eigenvalue weighted by Gasteiger charge is -2.14. The van der Waals surface area contributed by atoms with Gasteiger partial charge in [-0.2, -0.15) is 0 Å². The number of aliphatic carboxylic acids is 1. The number of amides is 1. The first-order chi connectivity index (χ1) is 12.9. The summed E-state index contributed by atoms with van der Waals surface area (Å²) in [6, 6.07) is 13.3. The van der Waals surface area contributed by atoms with Crippen LogP contribution in [0.15, 0.2) is 59.5 Å². The minimum absolute atomic E-state index is 0.0219. The second kappa shape index (κ2) is 9.63. The molecule has 0 saturated carbocycles. The van der Waals surface area contributed by atoms with Crippen molar-refractivity contribution in [2.24, 2.45) is 0 Å². The van der Waals surface area contributed by atoms with Crippen molar-refractivity contribution in [1.29, 1.82) is 0 Å². The van der Waals surface area contributed by atoms with Crippen LogP contribution in [-0.4, -0.2) is 39.0 Å². The molecule has 2 atom stereocenters. The molecule has 0 aliphatic rings. The van der Waals surface area contributed by atoms with E-state index >= 15 is 0 Å². The number of carbonyl (C=O) groups excluding carboxylic acids is 2. The third-order valence-corrected chi connectivity index (χ3v) is 4.98. The summed E-state index contributed by atoms with van der Waals surface area (Å²) in [5.41, 5.74) is 0.223. The van der Waals surface area contributed by atoms with Gasteiger partial charge in [0, 0.05) is 23.1 Å². The van der Waals surface area contributed by atoms with Gasteiger partial charge in [0.05, 0.1) is 10.8 Å². The average Bonchev–Trinajstić information content (AvgIpc) is 2.65. The number of esters is 1. The fourth-order valence-electron chi connectivity index (χ4n) is 2.25. The number of carbonyl (C=O) groups is 3. The first-order valence-corrected chi connectivity index (χ1v) is 9.44. The first kappa shape index (κ1) is 20.3. The van der Waals surface area contributed by atoms with Gasteiger partial charge in [-0.3, -0.25) is 13.8 Å². The van der Waals surface area contributed by atoms with Gasteiger partial charge in [0.1, 0.15) is 11.8 Å². The fraction of sp³-hybridized carbons (Fsp3) is 0.211. The number of hydrogen-bond donors (Lipinski definition) is 2. The van der Waals surface area contributed by atoms with E-state index in [0.29, 0.717) is 4.90 Å². The lowest BCUT2D eigenvalue weighted by molar-refractivity contribution is -0.139. The standard InChI is InChI=1S/C19H19NO6S/c1-13(21)26-15-9-7-14(8-10-15)18(22)20-17(19(23)24)11-12-27(25)16-5-3-2-4-6-16/h2-10,17H,11-12H2,1H3,(H,20,22)(H,23,24)/t17-,27-/m0/s1. The Kier molecular flexibility index (Phi) is 7.25. The third-order valence-electron chi connectivity index (χ3n) is 3.58. The lowest BCUT2D eigenvalue weighted by Crippen LogP contribution is -2.41. The quantitative estimate of drug-likeness (QED) is 0.528. The second-order valence-corrected chi connectivity index (χ2v) is 7.20. The van der Waals surface area contributed by atoms with Gasteiger partial charge in [-0.15, -0.1) is 0 Å². The van der Waals surface area contributed by atoms with Crippen LogP contribution >= 0.6 is 0 Å². The van der Waals surface area contributed by atoms with Crippen molar-refractivity contribution in [2.75, 3.05) is 5.75 Å². The monoisotopic (exact) mass is 389 g/mol. The smallest absolute Gasteiger partial charge is 0.326 e. The largest absolute Gasteiger partial charge is 0.480 e. The summed E-state index contributed by atoms with van der Waals surface area (Å²) in [5.74, 6) is -1.88. The SMILES string of the molecule is CC(=O)Oc1ccc(C(=O)N[C@@H](CC[S@](=O)c2ccccc2)C(=O)O)cc1. The van der Waals surface area contributed by atoms with Gasteiger partial charge in [-0.05, 0) is 42.8 Å². The highest BCUT2D eigenvalue weighted by molar-refractivity contribution is 7.85. The van der Waals surface area contributed by atoms with E-state index in [1.807, 2.05) is 0 Å². The number of nitrogens with one attached hydrogen (secondary N) is 1. The molecule has 2 rings (SSSR count). The third kappa shape index (κ3) is 6.34. The Balaban J connectivity index is 1.96. The maximum absolute atomic E-state index is 12.2. The molecular weight excluding hydrogens is 370 g/mol. The number of carboxylic acids is 1. The molecule has 0 fully saturated rings. The van der Waals surface area contributed by atoms with E-state index in [9.17, 15) is 23.7 Å². The zero-order valence-electron chi connectivity index (χ0n) is 14.6. The Morgan fingerprint density at radius 2 is 1.70 bits per heavy atom. The minimum Gasteiger partial charge on any atom is -0.480 e. The van der Waals surface area contributed by atoms with Crippen LogP contribution in [0.25, 0.3) is 0 Å². The topological polar surface area (TPSA) is 110 Å². The number of benzene rings is 2. The van der Waals surface area contributed by atoms with Crippen LogP contribution in [0.4, 0.5) is 0 Å². The molecule has 0 aliphatic carbocycles. The van der Waals surface area contributed by atoms with Gasteiger partial charge in [-0.25, -0.2) is 4.79 Å². The van der Waals surface area contributed by atoms with E-state index in [1.165, 1.54) is 31.2 Å². The molecule has 2 N–H and O–H groups in total. The van der Waals surface area contributed by atoms with E-state index in [1.54, 1.807) is 30.3 Å². The summed E-state index contributed by atoms with van der Waals surface area (Å²) < 4.78 is 17.1. The van der Waals surface area contributed by atoms with E-state index in [0.717, 1.165) is 0 Å². The van der Waals surface area contributed by atoms with Gasteiger partial charge in [0.2, 0.25) is 0 Å². The molecule has 0 aromatic heterocycles. The Morgan fingerprint density at radius 3 is 2.26 bits per heavy atom. The van der Waals surface area contributed by atoms with Crippen molar-refractivity contribution < 1.29 is 28.4 Å². The highest BCUT2D eigenvalue weighted by Gasteiger charge is 2.21. The van der Waals surface area contributed by atoms with Crippen LogP contribution in [0.2, 0.25) is 0 Å². The van der Waals surface area contributed by atoms with Crippen molar-refractivity contribution in [1.82, 2.24) is 5.32 Å². The van der Waals surface area contributed by atoms with Crippen LogP contribution in [0, 0.1) is 0 Å². The van der Waals surface area contributed by atoms with Crippen molar-refractivity contribution >= 4 is 28.6 Å². The summed E-state index contributed by atoms with van der Waals surface area (Å²) >= 11 is 0. The van der Waals surface area contributed by atoms with Crippen molar-refractivity contribution in [2.45, 2.75) is 24.3 Å². The highest BCUT2D eigenvalue weighted by Crippen LogP contribution is 2.13. The van der Waals surface area contributed by atoms with Crippen LogP contribution in [0.1, 0.15) is 23.7 Å². The maximum atomic E-state index is 12.2. The molecule has 2 aromatic carbocycles. The Morgan fingerprint density at radius 1 is 1.07 bits per heavy atom. The molecule has 0 spiro atoms. The van der Waals surface area contributed by atoms with Crippen molar-refractivity contribution in [3.63, 3.8) is 0 Å². The normalized spacial score (nSPS) is 12.6. The van der Waals surface area contributed by atoms with E-state index in [-0.39, 0.29) is 23.5 Å². The van der Waals surface area contributed by atoms with Crippen molar-refractivity contribution in [3.8, 4) is 5.75 Å². The predicted molar refractivity (Wildman–Crippen MR) is 99.0 cm³/mol. The molecule has 27 heavy (non-hydrogen) atoms. The van der Waals surface area contributed by atoms with Crippen molar-refractivity contribution in [3.05, 3.63) is 60.2 Å². The zero-order valence-corrected chi connectivity index (χ0v) is 15.4. The molecule has 0 radical (unpaired) electrons. The second-order valence-electron chi connectivity index (χ2n) is 5.63. The average molecular weight is 389 g/mol. The van der Waals surface area contributed by atoms with Gasteiger partial charge in [0.15, 0.2) is 0 Å². The summed E-state index contributed by atoms with van der Waals surface area (Å²) in [4.78, 5) is 35.2. The van der Waals surface area contributed by atoms with Crippen LogP contribution in [-0.2, 0) is 20.4 Å². The van der Waals surface area contributed by atoms with Crippen LogP contribution < -0.4 is 10.1 Å².